The molecule has 0 amide bonds. The van der Waals surface area contributed by atoms with E-state index in [0.717, 1.165) is 21.9 Å². The summed E-state index contributed by atoms with van der Waals surface area (Å²) in [5, 5.41) is 13.2. The highest BCUT2D eigenvalue weighted by molar-refractivity contribution is 7.09. The predicted octanol–water partition coefficient (Wildman–Crippen LogP) is 3.08. The number of fused-ring (bicyclic) bond motifs is 1. The number of hydrogen-bond donors (Lipinski definition) is 1. The summed E-state index contributed by atoms with van der Waals surface area (Å²) in [6, 6.07) is 7.68. The van der Waals surface area contributed by atoms with Gasteiger partial charge in [-0.1, -0.05) is 24.4 Å². The first kappa shape index (κ1) is 11.8. The van der Waals surface area contributed by atoms with E-state index >= 15 is 0 Å². The average molecular weight is 269 g/mol. The van der Waals surface area contributed by atoms with Crippen LogP contribution in [0.5, 0.6) is 0 Å². The van der Waals surface area contributed by atoms with Crippen LogP contribution >= 0.6 is 11.5 Å². The van der Waals surface area contributed by atoms with Gasteiger partial charge in [0.1, 0.15) is 16.5 Å². The van der Waals surface area contributed by atoms with Gasteiger partial charge in [-0.05, 0) is 29.6 Å². The van der Waals surface area contributed by atoms with E-state index in [1.807, 2.05) is 12.1 Å². The van der Waals surface area contributed by atoms with Gasteiger partial charge in [0, 0.05) is 0 Å². The smallest absolute Gasteiger partial charge is 0.152 e. The van der Waals surface area contributed by atoms with Crippen molar-refractivity contribution in [3.63, 3.8) is 0 Å². The molecule has 0 fully saturated rings. The minimum absolute atomic E-state index is 0.289. The van der Waals surface area contributed by atoms with Gasteiger partial charge in [-0.25, -0.2) is 4.98 Å². The Bertz CT molecular complexity index is 778. The number of para-hydroxylation sites is 1. The molecule has 1 aromatic carbocycles. The van der Waals surface area contributed by atoms with Crippen molar-refractivity contribution in [2.45, 2.75) is 19.8 Å². The lowest BCUT2D eigenvalue weighted by atomic mass is 10.1. The Morgan fingerprint density at radius 2 is 2.21 bits per heavy atom. The second-order valence-electron chi connectivity index (χ2n) is 4.54. The van der Waals surface area contributed by atoms with Gasteiger partial charge in [-0.15, -0.1) is 5.10 Å². The van der Waals surface area contributed by atoms with Gasteiger partial charge in [0.2, 0.25) is 0 Å². The summed E-state index contributed by atoms with van der Waals surface area (Å²) in [6.07, 6.45) is 0. The lowest BCUT2D eigenvalue weighted by Gasteiger charge is -2.00. The van der Waals surface area contributed by atoms with Gasteiger partial charge in [0.05, 0.1) is 16.8 Å². The minimum Gasteiger partial charge on any atom is -0.337 e. The molecule has 0 bridgehead atoms. The van der Waals surface area contributed by atoms with E-state index in [9.17, 15) is 0 Å². The highest BCUT2D eigenvalue weighted by atomic mass is 32.1. The van der Waals surface area contributed by atoms with Crippen LogP contribution in [0.1, 0.15) is 31.0 Å². The molecule has 19 heavy (non-hydrogen) atoms. The van der Waals surface area contributed by atoms with Crippen molar-refractivity contribution in [2.24, 2.45) is 0 Å². The molecule has 0 aliphatic rings. The molecule has 0 aliphatic heterocycles. The van der Waals surface area contributed by atoms with Crippen molar-refractivity contribution in [2.75, 3.05) is 0 Å². The topological polar surface area (TPSA) is 78.2 Å². The van der Waals surface area contributed by atoms with Crippen LogP contribution in [0.25, 0.3) is 21.7 Å². The Morgan fingerprint density at radius 1 is 1.37 bits per heavy atom. The summed E-state index contributed by atoms with van der Waals surface area (Å²) in [5.41, 5.74) is 3.06. The minimum atomic E-state index is 0.289. The summed E-state index contributed by atoms with van der Waals surface area (Å²) >= 11 is 1.32. The Hall–Kier alpha value is -2.26. The number of imidazole rings is 1. The van der Waals surface area contributed by atoms with E-state index in [4.69, 9.17) is 5.26 Å². The maximum atomic E-state index is 9.09. The van der Waals surface area contributed by atoms with E-state index in [1.165, 1.54) is 11.5 Å². The predicted molar refractivity (Wildman–Crippen MR) is 73.8 cm³/mol. The lowest BCUT2D eigenvalue weighted by Crippen LogP contribution is -1.91. The van der Waals surface area contributed by atoms with Gasteiger partial charge in [-0.3, -0.25) is 0 Å². The molecule has 2 aromatic heterocycles. The zero-order valence-electron chi connectivity index (χ0n) is 10.5. The molecule has 0 saturated heterocycles. The number of rotatable bonds is 2. The molecular weight excluding hydrogens is 258 g/mol. The molecule has 0 radical (unpaired) electrons. The summed E-state index contributed by atoms with van der Waals surface area (Å²) in [7, 11) is 0. The number of aromatic amines is 1. The van der Waals surface area contributed by atoms with E-state index in [-0.39, 0.29) is 5.92 Å². The highest BCUT2D eigenvalue weighted by Crippen LogP contribution is 2.30. The SMILES string of the molecule is CC(C)c1nnsc1-c1nc2c(C#N)cccc2[nH]1. The van der Waals surface area contributed by atoms with E-state index in [2.05, 4.69) is 39.5 Å². The van der Waals surface area contributed by atoms with Crippen molar-refractivity contribution < 1.29 is 0 Å². The van der Waals surface area contributed by atoms with Crippen LogP contribution in [-0.2, 0) is 0 Å². The van der Waals surface area contributed by atoms with Gasteiger partial charge < -0.3 is 4.98 Å². The number of H-pyrrole nitrogens is 1. The van der Waals surface area contributed by atoms with Crippen LogP contribution in [0, 0.1) is 11.3 Å². The fourth-order valence-corrected chi connectivity index (χ4v) is 2.73. The number of nitrogens with zero attached hydrogens (tertiary/aromatic N) is 4. The third kappa shape index (κ3) is 1.88. The zero-order chi connectivity index (χ0) is 13.4. The number of nitriles is 1. The molecule has 0 aliphatic carbocycles. The third-order valence-electron chi connectivity index (χ3n) is 2.91. The van der Waals surface area contributed by atoms with E-state index in [0.29, 0.717) is 11.1 Å². The number of aromatic nitrogens is 4. The Balaban J connectivity index is 2.22. The Kier molecular flexibility index (Phi) is 2.76. The molecule has 0 saturated carbocycles. The largest absolute Gasteiger partial charge is 0.337 e. The van der Waals surface area contributed by atoms with Crippen molar-refractivity contribution in [3.8, 4) is 16.8 Å². The van der Waals surface area contributed by atoms with Crippen LogP contribution in [0.15, 0.2) is 18.2 Å². The summed E-state index contributed by atoms with van der Waals surface area (Å²) in [5.74, 6) is 1.02. The molecule has 5 nitrogen and oxygen atoms in total. The quantitative estimate of drug-likeness (QED) is 0.775. The van der Waals surface area contributed by atoms with Crippen molar-refractivity contribution in [3.05, 3.63) is 29.5 Å². The van der Waals surface area contributed by atoms with Crippen molar-refractivity contribution >= 4 is 22.6 Å². The zero-order valence-corrected chi connectivity index (χ0v) is 11.3. The average Bonchev–Trinajstić information content (AvgIpc) is 3.03. The molecule has 6 heteroatoms. The Labute approximate surface area is 114 Å². The standard InChI is InChI=1S/C13H11N5S/c1-7(2)10-12(19-18-17-10)13-15-9-5-3-4-8(6-14)11(9)16-13/h3-5,7H,1-2H3,(H,15,16). The normalized spacial score (nSPS) is 11.1. The number of hydrogen-bond acceptors (Lipinski definition) is 5. The summed E-state index contributed by atoms with van der Waals surface area (Å²) in [6.45, 7) is 4.15. The van der Waals surface area contributed by atoms with Gasteiger partial charge in [0.15, 0.2) is 5.82 Å². The van der Waals surface area contributed by atoms with Gasteiger partial charge >= 0.3 is 0 Å². The fraction of sp³-hybridized carbons (Fsp3) is 0.231. The summed E-state index contributed by atoms with van der Waals surface area (Å²) in [4.78, 5) is 8.70. The second kappa shape index (κ2) is 4.44. The van der Waals surface area contributed by atoms with E-state index < -0.39 is 0 Å². The molecule has 94 valence electrons. The Morgan fingerprint density at radius 3 is 2.95 bits per heavy atom. The van der Waals surface area contributed by atoms with Crippen molar-refractivity contribution in [1.29, 1.82) is 5.26 Å². The van der Waals surface area contributed by atoms with Crippen LogP contribution in [0.4, 0.5) is 0 Å². The van der Waals surface area contributed by atoms with Gasteiger partial charge in [0.25, 0.3) is 0 Å². The fourth-order valence-electron chi connectivity index (χ4n) is 1.97. The van der Waals surface area contributed by atoms with Crippen LogP contribution in [0.2, 0.25) is 0 Å². The van der Waals surface area contributed by atoms with Crippen LogP contribution < -0.4 is 0 Å². The molecule has 0 unspecified atom stereocenters. The van der Waals surface area contributed by atoms with E-state index in [1.54, 1.807) is 6.07 Å². The second-order valence-corrected chi connectivity index (χ2v) is 5.30. The maximum absolute atomic E-state index is 9.09. The summed E-state index contributed by atoms with van der Waals surface area (Å²) < 4.78 is 4.00. The number of benzene rings is 1. The molecule has 0 atom stereocenters. The molecule has 3 aromatic rings. The molecule has 1 N–H and O–H groups in total. The third-order valence-corrected chi connectivity index (χ3v) is 3.66. The highest BCUT2D eigenvalue weighted by Gasteiger charge is 2.17. The monoisotopic (exact) mass is 269 g/mol. The molecule has 2 heterocycles. The first-order valence-corrected chi connectivity index (χ1v) is 6.69. The molecule has 0 spiro atoms. The molecular formula is C13H11N5S. The number of nitrogens with one attached hydrogen (secondary N) is 1. The first-order chi connectivity index (χ1) is 9.20. The first-order valence-electron chi connectivity index (χ1n) is 5.92. The van der Waals surface area contributed by atoms with Crippen LogP contribution in [-0.4, -0.2) is 19.6 Å². The maximum Gasteiger partial charge on any atom is 0.152 e. The van der Waals surface area contributed by atoms with Crippen LogP contribution in [0.3, 0.4) is 0 Å². The lowest BCUT2D eigenvalue weighted by molar-refractivity contribution is 0.813. The molecule has 3 rings (SSSR count). The van der Waals surface area contributed by atoms with Crippen molar-refractivity contribution in [1.82, 2.24) is 19.6 Å². The van der Waals surface area contributed by atoms with Gasteiger partial charge in [-0.2, -0.15) is 5.26 Å².